The fourth-order valence-corrected chi connectivity index (χ4v) is 2.88. The van der Waals surface area contributed by atoms with E-state index in [9.17, 15) is 0 Å². The summed E-state index contributed by atoms with van der Waals surface area (Å²) in [5, 5.41) is 2.76. The zero-order valence-electron chi connectivity index (χ0n) is 12.9. The molecule has 0 atom stereocenters. The lowest BCUT2D eigenvalue weighted by Gasteiger charge is -2.36. The van der Waals surface area contributed by atoms with Gasteiger partial charge in [0.05, 0.1) is 0 Å². The van der Waals surface area contributed by atoms with Crippen LogP contribution in [0.2, 0.25) is 18.1 Å². The molecule has 0 N–H and O–H groups in total. The molecule has 0 aromatic heterocycles. The highest BCUT2D eigenvalue weighted by Crippen LogP contribution is 2.37. The number of benzene rings is 2. The highest BCUT2D eigenvalue weighted by molar-refractivity contribution is 6.74. The summed E-state index contributed by atoms with van der Waals surface area (Å²) in [5.41, 5.74) is 1.29. The lowest BCUT2D eigenvalue weighted by atomic mass is 10.1. The summed E-state index contributed by atoms with van der Waals surface area (Å²) >= 11 is 0. The molecule has 1 nitrogen and oxygen atoms in total. The van der Waals surface area contributed by atoms with Crippen molar-refractivity contribution in [3.05, 3.63) is 42.0 Å². The lowest BCUT2D eigenvalue weighted by Crippen LogP contribution is -2.43. The predicted octanol–water partition coefficient (Wildman–Crippen LogP) is 5.53. The molecule has 0 amide bonds. The molecule has 0 aliphatic heterocycles. The Morgan fingerprint density at radius 3 is 2.16 bits per heavy atom. The van der Waals surface area contributed by atoms with E-state index in [0.717, 1.165) is 5.75 Å². The molecule has 102 valence electrons. The summed E-state index contributed by atoms with van der Waals surface area (Å²) in [7, 11) is -1.75. The van der Waals surface area contributed by atoms with Crippen LogP contribution in [-0.2, 0) is 0 Å². The zero-order chi connectivity index (χ0) is 14.3. The summed E-state index contributed by atoms with van der Waals surface area (Å²) in [6.07, 6.45) is 0. The van der Waals surface area contributed by atoms with E-state index in [0.29, 0.717) is 0 Å². The van der Waals surface area contributed by atoms with Gasteiger partial charge in [0, 0.05) is 0 Å². The van der Waals surface area contributed by atoms with Gasteiger partial charge in [-0.25, -0.2) is 0 Å². The Hall–Kier alpha value is -1.28. The zero-order valence-corrected chi connectivity index (χ0v) is 13.9. The monoisotopic (exact) mass is 272 g/mol. The van der Waals surface area contributed by atoms with Gasteiger partial charge >= 0.3 is 0 Å². The molecule has 0 fully saturated rings. The van der Waals surface area contributed by atoms with Crippen molar-refractivity contribution >= 4 is 19.1 Å². The van der Waals surface area contributed by atoms with Crippen LogP contribution in [0.4, 0.5) is 0 Å². The van der Waals surface area contributed by atoms with E-state index in [1.54, 1.807) is 0 Å². The van der Waals surface area contributed by atoms with Crippen molar-refractivity contribution in [2.75, 3.05) is 0 Å². The molecule has 19 heavy (non-hydrogen) atoms. The smallest absolute Gasteiger partial charge is 0.250 e. The van der Waals surface area contributed by atoms with Crippen LogP contribution in [0.15, 0.2) is 36.4 Å². The van der Waals surface area contributed by atoms with Crippen LogP contribution in [0.5, 0.6) is 5.75 Å². The molecular weight excluding hydrogens is 248 g/mol. The first-order chi connectivity index (χ1) is 8.69. The molecule has 0 unspecified atom stereocenters. The van der Waals surface area contributed by atoms with Crippen molar-refractivity contribution in [1.82, 2.24) is 0 Å². The standard InChI is InChI=1S/C17H24OSi/c1-13-7-8-14-9-10-16(12-15(14)11-13)18-19(5,6)17(2,3)4/h7-12H,1-6H3. The summed E-state index contributed by atoms with van der Waals surface area (Å²) < 4.78 is 6.35. The van der Waals surface area contributed by atoms with E-state index >= 15 is 0 Å². The van der Waals surface area contributed by atoms with Gasteiger partial charge in [-0.05, 0) is 48.0 Å². The molecule has 0 radical (unpaired) electrons. The maximum Gasteiger partial charge on any atom is 0.250 e. The highest BCUT2D eigenvalue weighted by atomic mass is 28.4. The Labute approximate surface area is 117 Å². The Bertz CT molecular complexity index is 594. The largest absolute Gasteiger partial charge is 0.543 e. The summed E-state index contributed by atoms with van der Waals surface area (Å²) in [6.45, 7) is 13.5. The number of fused-ring (bicyclic) bond motifs is 1. The normalized spacial score (nSPS) is 12.7. The average Bonchev–Trinajstić information content (AvgIpc) is 2.26. The summed E-state index contributed by atoms with van der Waals surface area (Å²) in [5.74, 6) is 1.00. The number of aryl methyl sites for hydroxylation is 1. The molecule has 0 bridgehead atoms. The Kier molecular flexibility index (Phi) is 3.48. The maximum atomic E-state index is 6.35. The minimum Gasteiger partial charge on any atom is -0.543 e. The summed E-state index contributed by atoms with van der Waals surface area (Å²) in [6, 6.07) is 12.9. The van der Waals surface area contributed by atoms with Crippen LogP contribution in [-0.4, -0.2) is 8.32 Å². The first-order valence-electron chi connectivity index (χ1n) is 6.88. The van der Waals surface area contributed by atoms with Crippen LogP contribution in [0.1, 0.15) is 26.3 Å². The second kappa shape index (κ2) is 4.68. The van der Waals surface area contributed by atoms with Gasteiger partial charge in [0.1, 0.15) is 5.75 Å². The van der Waals surface area contributed by atoms with Crippen molar-refractivity contribution in [3.63, 3.8) is 0 Å². The van der Waals surface area contributed by atoms with E-state index in [2.05, 4.69) is 77.2 Å². The van der Waals surface area contributed by atoms with Crippen LogP contribution < -0.4 is 4.43 Å². The molecular formula is C17H24OSi. The average molecular weight is 272 g/mol. The van der Waals surface area contributed by atoms with E-state index in [4.69, 9.17) is 4.43 Å². The minimum absolute atomic E-state index is 0.231. The molecule has 0 aliphatic rings. The molecule has 2 heteroatoms. The third kappa shape index (κ3) is 3.00. The van der Waals surface area contributed by atoms with Crippen LogP contribution >= 0.6 is 0 Å². The molecule has 0 spiro atoms. The quantitative estimate of drug-likeness (QED) is 0.653. The predicted molar refractivity (Wildman–Crippen MR) is 86.5 cm³/mol. The molecule has 0 aliphatic carbocycles. The van der Waals surface area contributed by atoms with Gasteiger partial charge in [-0.1, -0.05) is 50.6 Å². The van der Waals surface area contributed by atoms with Crippen molar-refractivity contribution in [3.8, 4) is 5.75 Å². The first-order valence-corrected chi connectivity index (χ1v) is 9.79. The molecule has 0 saturated heterocycles. The third-order valence-corrected chi connectivity index (χ3v) is 8.50. The Morgan fingerprint density at radius 1 is 0.895 bits per heavy atom. The van der Waals surface area contributed by atoms with E-state index in [1.807, 2.05) is 0 Å². The fraction of sp³-hybridized carbons (Fsp3) is 0.412. The molecule has 0 saturated carbocycles. The van der Waals surface area contributed by atoms with Crippen molar-refractivity contribution in [2.24, 2.45) is 0 Å². The van der Waals surface area contributed by atoms with E-state index < -0.39 is 8.32 Å². The molecule has 2 aromatic rings. The van der Waals surface area contributed by atoms with Crippen LogP contribution in [0.3, 0.4) is 0 Å². The fourth-order valence-electron chi connectivity index (χ4n) is 1.86. The minimum atomic E-state index is -1.75. The van der Waals surface area contributed by atoms with Crippen molar-refractivity contribution < 1.29 is 4.43 Å². The second-order valence-electron chi connectivity index (χ2n) is 6.87. The van der Waals surface area contributed by atoms with Gasteiger partial charge in [-0.2, -0.15) is 0 Å². The Balaban J connectivity index is 2.36. The second-order valence-corrected chi connectivity index (χ2v) is 11.6. The van der Waals surface area contributed by atoms with Gasteiger partial charge in [0.25, 0.3) is 0 Å². The maximum absolute atomic E-state index is 6.35. The van der Waals surface area contributed by atoms with Crippen molar-refractivity contribution in [2.45, 2.75) is 45.8 Å². The van der Waals surface area contributed by atoms with Gasteiger partial charge in [0.15, 0.2) is 0 Å². The van der Waals surface area contributed by atoms with Gasteiger partial charge < -0.3 is 4.43 Å². The topological polar surface area (TPSA) is 9.23 Å². The molecule has 2 rings (SSSR count). The lowest BCUT2D eigenvalue weighted by molar-refractivity contribution is 0.493. The highest BCUT2D eigenvalue weighted by Gasteiger charge is 2.38. The van der Waals surface area contributed by atoms with Crippen molar-refractivity contribution in [1.29, 1.82) is 0 Å². The van der Waals surface area contributed by atoms with E-state index in [-0.39, 0.29) is 5.04 Å². The summed E-state index contributed by atoms with van der Waals surface area (Å²) in [4.78, 5) is 0. The van der Waals surface area contributed by atoms with Crippen LogP contribution in [0, 0.1) is 6.92 Å². The van der Waals surface area contributed by atoms with Gasteiger partial charge in [-0.15, -0.1) is 0 Å². The Morgan fingerprint density at radius 2 is 1.53 bits per heavy atom. The molecule has 2 aromatic carbocycles. The number of rotatable bonds is 2. The van der Waals surface area contributed by atoms with Gasteiger partial charge in [0.2, 0.25) is 8.32 Å². The van der Waals surface area contributed by atoms with Crippen LogP contribution in [0.25, 0.3) is 10.8 Å². The van der Waals surface area contributed by atoms with Gasteiger partial charge in [-0.3, -0.25) is 0 Å². The van der Waals surface area contributed by atoms with E-state index in [1.165, 1.54) is 16.3 Å². The number of hydrogen-bond acceptors (Lipinski definition) is 1. The molecule has 0 heterocycles. The SMILES string of the molecule is Cc1ccc2ccc(O[Si](C)(C)C(C)(C)C)cc2c1. The number of hydrogen-bond donors (Lipinski definition) is 0. The third-order valence-electron chi connectivity index (χ3n) is 4.15. The first kappa shape index (κ1) is 14.1.